The monoisotopic (exact) mass is 276 g/mol. The Morgan fingerprint density at radius 2 is 2.25 bits per heavy atom. The van der Waals surface area contributed by atoms with Gasteiger partial charge in [0.05, 0.1) is 7.11 Å². The Morgan fingerprint density at radius 3 is 2.90 bits per heavy atom. The molecule has 0 spiro atoms. The molecule has 1 aromatic rings. The second-order valence-corrected chi connectivity index (χ2v) is 5.71. The maximum absolute atomic E-state index is 5.35. The van der Waals surface area contributed by atoms with E-state index in [4.69, 9.17) is 4.74 Å². The Labute approximate surface area is 123 Å². The quantitative estimate of drug-likeness (QED) is 0.828. The maximum atomic E-state index is 5.35. The molecule has 0 radical (unpaired) electrons. The Hall–Kier alpha value is -1.06. The number of likely N-dealkylation sites (tertiary alicyclic amines) is 1. The van der Waals surface area contributed by atoms with E-state index in [0.29, 0.717) is 6.04 Å². The lowest BCUT2D eigenvalue weighted by molar-refractivity contribution is 0.282. The summed E-state index contributed by atoms with van der Waals surface area (Å²) in [5.74, 6) is 1.83. The molecule has 1 saturated heterocycles. The number of hydrogen-bond acceptors (Lipinski definition) is 3. The van der Waals surface area contributed by atoms with Crippen LogP contribution in [0.1, 0.15) is 38.3 Å². The maximum Gasteiger partial charge on any atom is 0.119 e. The van der Waals surface area contributed by atoms with Crippen LogP contribution in [0, 0.1) is 5.92 Å². The van der Waals surface area contributed by atoms with Gasteiger partial charge in [-0.1, -0.05) is 32.4 Å². The highest BCUT2D eigenvalue weighted by Crippen LogP contribution is 2.24. The third-order valence-corrected chi connectivity index (χ3v) is 4.33. The van der Waals surface area contributed by atoms with Crippen molar-refractivity contribution in [1.29, 1.82) is 0 Å². The van der Waals surface area contributed by atoms with Crippen LogP contribution < -0.4 is 10.1 Å². The van der Waals surface area contributed by atoms with E-state index >= 15 is 0 Å². The second kappa shape index (κ2) is 7.65. The number of methoxy groups -OCH3 is 1. The first-order chi connectivity index (χ1) is 9.76. The predicted octanol–water partition coefficient (Wildman–Crippen LogP) is 3.08. The van der Waals surface area contributed by atoms with Crippen molar-refractivity contribution in [3.8, 4) is 5.75 Å². The van der Waals surface area contributed by atoms with Crippen LogP contribution in [-0.4, -0.2) is 38.2 Å². The Balaban J connectivity index is 2.02. The van der Waals surface area contributed by atoms with Crippen LogP contribution in [-0.2, 0) is 0 Å². The summed E-state index contributed by atoms with van der Waals surface area (Å²) in [5.41, 5.74) is 1.33. The van der Waals surface area contributed by atoms with Gasteiger partial charge in [-0.05, 0) is 43.1 Å². The van der Waals surface area contributed by atoms with E-state index in [9.17, 15) is 0 Å². The first-order valence-corrected chi connectivity index (χ1v) is 7.86. The highest BCUT2D eigenvalue weighted by Gasteiger charge is 2.23. The smallest absolute Gasteiger partial charge is 0.119 e. The van der Waals surface area contributed by atoms with Crippen molar-refractivity contribution < 1.29 is 4.74 Å². The van der Waals surface area contributed by atoms with Gasteiger partial charge >= 0.3 is 0 Å². The molecule has 2 rings (SSSR count). The van der Waals surface area contributed by atoms with Crippen LogP contribution in [0.3, 0.4) is 0 Å². The molecule has 1 heterocycles. The molecule has 0 aromatic heterocycles. The second-order valence-electron chi connectivity index (χ2n) is 5.71. The molecule has 1 N–H and O–H groups in total. The van der Waals surface area contributed by atoms with E-state index < -0.39 is 0 Å². The lowest BCUT2D eigenvalue weighted by Crippen LogP contribution is -2.34. The molecule has 0 bridgehead atoms. The van der Waals surface area contributed by atoms with Crippen LogP contribution in [0.2, 0.25) is 0 Å². The van der Waals surface area contributed by atoms with Crippen molar-refractivity contribution in [3.63, 3.8) is 0 Å². The topological polar surface area (TPSA) is 24.5 Å². The first-order valence-electron chi connectivity index (χ1n) is 7.86. The molecule has 3 nitrogen and oxygen atoms in total. The van der Waals surface area contributed by atoms with Gasteiger partial charge in [-0.2, -0.15) is 0 Å². The molecular weight excluding hydrogens is 248 g/mol. The van der Waals surface area contributed by atoms with E-state index in [-0.39, 0.29) is 0 Å². The molecule has 0 amide bonds. The average molecular weight is 276 g/mol. The Bertz CT molecular complexity index is 408. The van der Waals surface area contributed by atoms with Gasteiger partial charge in [0.2, 0.25) is 0 Å². The molecular formula is C17H28N2O. The Morgan fingerprint density at radius 1 is 1.40 bits per heavy atom. The van der Waals surface area contributed by atoms with Gasteiger partial charge < -0.3 is 15.0 Å². The number of nitrogens with one attached hydrogen (secondary N) is 1. The minimum absolute atomic E-state index is 0.394. The van der Waals surface area contributed by atoms with Crippen molar-refractivity contribution in [2.24, 2.45) is 5.92 Å². The molecule has 112 valence electrons. The van der Waals surface area contributed by atoms with Crippen molar-refractivity contribution in [2.45, 2.75) is 32.7 Å². The number of benzene rings is 1. The van der Waals surface area contributed by atoms with E-state index in [1.807, 2.05) is 6.07 Å². The van der Waals surface area contributed by atoms with Crippen LogP contribution in [0.25, 0.3) is 0 Å². The molecule has 1 aromatic carbocycles. The summed E-state index contributed by atoms with van der Waals surface area (Å²) in [6, 6.07) is 8.84. The van der Waals surface area contributed by atoms with Crippen molar-refractivity contribution in [1.82, 2.24) is 10.2 Å². The van der Waals surface area contributed by atoms with Gasteiger partial charge in [-0.25, -0.2) is 0 Å². The summed E-state index contributed by atoms with van der Waals surface area (Å²) in [4.78, 5) is 2.60. The molecule has 1 aliphatic heterocycles. The fourth-order valence-electron chi connectivity index (χ4n) is 3.06. The summed E-state index contributed by atoms with van der Waals surface area (Å²) >= 11 is 0. The zero-order chi connectivity index (χ0) is 14.4. The van der Waals surface area contributed by atoms with Gasteiger partial charge in [-0.3, -0.25) is 0 Å². The van der Waals surface area contributed by atoms with Gasteiger partial charge in [0.1, 0.15) is 5.75 Å². The van der Waals surface area contributed by atoms with Gasteiger partial charge in [-0.15, -0.1) is 0 Å². The minimum Gasteiger partial charge on any atom is -0.497 e. The number of hydrogen-bond donors (Lipinski definition) is 1. The molecule has 2 unspecified atom stereocenters. The highest BCUT2D eigenvalue weighted by molar-refractivity contribution is 5.30. The standard InChI is InChI=1S/C17H28N2O/c1-4-14-9-10-19(12-14)13-17(18-5-2)15-7-6-8-16(11-15)20-3/h6-8,11,14,17-18H,4-5,9-10,12-13H2,1-3H3. The summed E-state index contributed by atoms with van der Waals surface area (Å²) < 4.78 is 5.35. The van der Waals surface area contributed by atoms with Crippen molar-refractivity contribution in [2.75, 3.05) is 33.3 Å². The first kappa shape index (κ1) is 15.3. The van der Waals surface area contributed by atoms with Crippen LogP contribution >= 0.6 is 0 Å². The highest BCUT2D eigenvalue weighted by atomic mass is 16.5. The van der Waals surface area contributed by atoms with Crippen LogP contribution in [0.5, 0.6) is 5.75 Å². The zero-order valence-corrected chi connectivity index (χ0v) is 13.1. The third kappa shape index (κ3) is 3.97. The summed E-state index contributed by atoms with van der Waals surface area (Å²) in [6.45, 7) is 9.06. The fraction of sp³-hybridized carbons (Fsp3) is 0.647. The molecule has 1 fully saturated rings. The van der Waals surface area contributed by atoms with Gasteiger partial charge in [0.15, 0.2) is 0 Å². The number of rotatable bonds is 7. The minimum atomic E-state index is 0.394. The van der Waals surface area contributed by atoms with E-state index in [0.717, 1.165) is 24.8 Å². The molecule has 20 heavy (non-hydrogen) atoms. The van der Waals surface area contributed by atoms with Gasteiger partial charge in [0, 0.05) is 19.1 Å². The lowest BCUT2D eigenvalue weighted by Gasteiger charge is -2.25. The molecule has 1 aliphatic rings. The fourth-order valence-corrected chi connectivity index (χ4v) is 3.06. The average Bonchev–Trinajstić information content (AvgIpc) is 2.94. The SMILES string of the molecule is CCNC(CN1CCC(CC)C1)c1cccc(OC)c1. The van der Waals surface area contributed by atoms with Gasteiger partial charge in [0.25, 0.3) is 0 Å². The molecule has 0 aliphatic carbocycles. The van der Waals surface area contributed by atoms with Crippen molar-refractivity contribution in [3.05, 3.63) is 29.8 Å². The molecule has 0 saturated carbocycles. The van der Waals surface area contributed by atoms with Crippen LogP contribution in [0.15, 0.2) is 24.3 Å². The Kier molecular flexibility index (Phi) is 5.86. The van der Waals surface area contributed by atoms with E-state index in [1.54, 1.807) is 7.11 Å². The van der Waals surface area contributed by atoms with E-state index in [2.05, 4.69) is 42.3 Å². The van der Waals surface area contributed by atoms with Crippen molar-refractivity contribution >= 4 is 0 Å². The summed E-state index contributed by atoms with van der Waals surface area (Å²) in [7, 11) is 1.73. The normalized spacial score (nSPS) is 21.1. The molecule has 3 heteroatoms. The number of ether oxygens (including phenoxy) is 1. The zero-order valence-electron chi connectivity index (χ0n) is 13.1. The lowest BCUT2D eigenvalue weighted by atomic mass is 10.1. The number of nitrogens with zero attached hydrogens (tertiary/aromatic N) is 1. The summed E-state index contributed by atoms with van der Waals surface area (Å²) in [6.07, 6.45) is 2.66. The van der Waals surface area contributed by atoms with Crippen LogP contribution in [0.4, 0.5) is 0 Å². The molecule has 2 atom stereocenters. The van der Waals surface area contributed by atoms with E-state index in [1.165, 1.54) is 31.5 Å². The third-order valence-electron chi connectivity index (χ3n) is 4.33. The largest absolute Gasteiger partial charge is 0.497 e. The predicted molar refractivity (Wildman–Crippen MR) is 84.2 cm³/mol. The number of likely N-dealkylation sites (N-methyl/N-ethyl adjacent to an activating group) is 1. The summed E-state index contributed by atoms with van der Waals surface area (Å²) in [5, 5.41) is 3.61.